The van der Waals surface area contributed by atoms with Crippen molar-refractivity contribution in [1.82, 2.24) is 0 Å². The smallest absolute Gasteiger partial charge is 0.185 e. The number of carbonyl (C=O) groups is 1. The van der Waals surface area contributed by atoms with Crippen LogP contribution in [-0.4, -0.2) is 26.0 Å². The van der Waals surface area contributed by atoms with Crippen LogP contribution in [0.3, 0.4) is 0 Å². The Kier molecular flexibility index (Phi) is 8.75. The molecule has 0 saturated carbocycles. The molecule has 1 saturated heterocycles. The van der Waals surface area contributed by atoms with Gasteiger partial charge in [-0.15, -0.1) is 0 Å². The summed E-state index contributed by atoms with van der Waals surface area (Å²) < 4.78 is 11.9. The summed E-state index contributed by atoms with van der Waals surface area (Å²) in [6.07, 6.45) is 8.07. The minimum Gasteiger partial charge on any atom is -0.496 e. The summed E-state index contributed by atoms with van der Waals surface area (Å²) in [5.41, 5.74) is 6.11. The van der Waals surface area contributed by atoms with Gasteiger partial charge in [0.15, 0.2) is 5.78 Å². The van der Waals surface area contributed by atoms with E-state index in [1.54, 1.807) is 13.2 Å². The summed E-state index contributed by atoms with van der Waals surface area (Å²) in [5.74, 6) is 1.60. The van der Waals surface area contributed by atoms with Crippen molar-refractivity contribution in [1.29, 1.82) is 0 Å². The van der Waals surface area contributed by atoms with Gasteiger partial charge in [0.05, 0.1) is 7.11 Å². The second kappa shape index (κ2) is 13.0. The van der Waals surface area contributed by atoms with Crippen LogP contribution >= 0.6 is 0 Å². The number of methoxy groups -OCH3 is 1. The Morgan fingerprint density at radius 1 is 0.795 bits per heavy atom. The van der Waals surface area contributed by atoms with Gasteiger partial charge in [-0.2, -0.15) is 0 Å². The first-order valence-corrected chi connectivity index (χ1v) is 13.7. The zero-order valence-electron chi connectivity index (χ0n) is 22.5. The van der Waals surface area contributed by atoms with E-state index in [-0.39, 0.29) is 5.78 Å². The number of anilines is 1. The van der Waals surface area contributed by atoms with E-state index in [1.165, 1.54) is 30.5 Å². The summed E-state index contributed by atoms with van der Waals surface area (Å²) in [7, 11) is 1.66. The number of allylic oxidation sites excluding steroid dienone is 1. The highest BCUT2D eigenvalue weighted by Crippen LogP contribution is 2.26. The lowest BCUT2D eigenvalue weighted by atomic mass is 10.0. The van der Waals surface area contributed by atoms with Gasteiger partial charge in [-0.1, -0.05) is 60.7 Å². The molecular formula is C35H35NO3. The van der Waals surface area contributed by atoms with Crippen molar-refractivity contribution in [2.75, 3.05) is 25.1 Å². The van der Waals surface area contributed by atoms with Crippen LogP contribution in [0.25, 0.3) is 6.08 Å². The Morgan fingerprint density at radius 2 is 1.54 bits per heavy atom. The predicted octanol–water partition coefficient (Wildman–Crippen LogP) is 7.75. The maximum Gasteiger partial charge on any atom is 0.185 e. The summed E-state index contributed by atoms with van der Waals surface area (Å²) in [4.78, 5) is 15.3. The van der Waals surface area contributed by atoms with Crippen LogP contribution in [0.15, 0.2) is 103 Å². The molecule has 4 nitrogen and oxygen atoms in total. The molecule has 0 spiro atoms. The van der Waals surface area contributed by atoms with E-state index in [0.717, 1.165) is 47.7 Å². The molecule has 0 amide bonds. The highest BCUT2D eigenvalue weighted by molar-refractivity contribution is 6.07. The number of hydrogen-bond acceptors (Lipinski definition) is 4. The number of para-hydroxylation sites is 1. The minimum absolute atomic E-state index is 0.0105. The largest absolute Gasteiger partial charge is 0.496 e. The van der Waals surface area contributed by atoms with Crippen molar-refractivity contribution in [2.24, 2.45) is 0 Å². The lowest BCUT2D eigenvalue weighted by Crippen LogP contribution is -2.29. The summed E-state index contributed by atoms with van der Waals surface area (Å²) in [5, 5.41) is 0. The average Bonchev–Trinajstić information content (AvgIpc) is 3.00. The summed E-state index contributed by atoms with van der Waals surface area (Å²) in [6.45, 7) is 2.55. The van der Waals surface area contributed by atoms with Crippen LogP contribution in [0.4, 0.5) is 5.69 Å². The fourth-order valence-corrected chi connectivity index (χ4v) is 5.03. The van der Waals surface area contributed by atoms with E-state index in [1.807, 2.05) is 60.7 Å². The molecule has 39 heavy (non-hydrogen) atoms. The van der Waals surface area contributed by atoms with Crippen LogP contribution in [0, 0.1) is 0 Å². The first kappa shape index (κ1) is 26.3. The monoisotopic (exact) mass is 517 g/mol. The zero-order valence-corrected chi connectivity index (χ0v) is 22.5. The Hall–Kier alpha value is -4.31. The van der Waals surface area contributed by atoms with Crippen LogP contribution in [0.1, 0.15) is 51.9 Å². The molecule has 5 rings (SSSR count). The topological polar surface area (TPSA) is 38.8 Å². The van der Waals surface area contributed by atoms with Crippen molar-refractivity contribution in [3.8, 4) is 11.5 Å². The molecule has 1 aliphatic heterocycles. The van der Waals surface area contributed by atoms with Crippen molar-refractivity contribution in [3.63, 3.8) is 0 Å². The van der Waals surface area contributed by atoms with Gasteiger partial charge in [0.25, 0.3) is 0 Å². The van der Waals surface area contributed by atoms with Crippen LogP contribution < -0.4 is 14.4 Å². The number of nitrogens with zero attached hydrogens (tertiary/aromatic N) is 1. The number of piperidine rings is 1. The van der Waals surface area contributed by atoms with Crippen LogP contribution in [-0.2, 0) is 13.0 Å². The summed E-state index contributed by atoms with van der Waals surface area (Å²) >= 11 is 0. The van der Waals surface area contributed by atoms with Gasteiger partial charge in [0.2, 0.25) is 0 Å². The molecule has 0 atom stereocenters. The molecule has 0 aromatic heterocycles. The predicted molar refractivity (Wildman–Crippen MR) is 159 cm³/mol. The fourth-order valence-electron chi connectivity index (χ4n) is 5.03. The summed E-state index contributed by atoms with van der Waals surface area (Å²) in [6, 6.07) is 32.4. The molecule has 0 N–H and O–H groups in total. The quantitative estimate of drug-likeness (QED) is 0.159. The van der Waals surface area contributed by atoms with E-state index in [4.69, 9.17) is 9.47 Å². The van der Waals surface area contributed by atoms with Crippen LogP contribution in [0.5, 0.6) is 11.5 Å². The van der Waals surface area contributed by atoms with Crippen molar-refractivity contribution >= 4 is 17.5 Å². The highest BCUT2D eigenvalue weighted by atomic mass is 16.5. The third kappa shape index (κ3) is 6.97. The number of ether oxygens (including phenoxy) is 2. The fraction of sp³-hybridized carbons (Fsp3) is 0.229. The molecular weight excluding hydrogens is 482 g/mol. The molecule has 4 aromatic carbocycles. The van der Waals surface area contributed by atoms with E-state index in [0.29, 0.717) is 12.2 Å². The van der Waals surface area contributed by atoms with E-state index in [9.17, 15) is 4.79 Å². The first-order valence-electron chi connectivity index (χ1n) is 13.7. The maximum atomic E-state index is 12.9. The number of carbonyl (C=O) groups excluding carboxylic acids is 1. The molecule has 1 aliphatic rings. The third-order valence-corrected chi connectivity index (χ3v) is 7.20. The number of ketones is 1. The highest BCUT2D eigenvalue weighted by Gasteiger charge is 2.12. The van der Waals surface area contributed by atoms with Gasteiger partial charge >= 0.3 is 0 Å². The molecule has 0 radical (unpaired) electrons. The van der Waals surface area contributed by atoms with Gasteiger partial charge in [0, 0.05) is 36.3 Å². The lowest BCUT2D eigenvalue weighted by molar-refractivity contribution is 0.104. The Bertz CT molecular complexity index is 1400. The van der Waals surface area contributed by atoms with Gasteiger partial charge in [0.1, 0.15) is 18.1 Å². The molecule has 0 bridgehead atoms. The maximum absolute atomic E-state index is 12.9. The standard InChI is InChI=1S/C35H35NO3/c1-38-34-21-15-28(14-20-33(37)29-16-18-32(19-17-29)36-22-8-3-9-23-36)25-31(34)26-39-35-13-7-6-12-30(35)24-27-10-4-2-5-11-27/h2,4-7,10-21,25H,3,8-9,22-24,26H2,1H3/b20-14+. The van der Waals surface area contributed by atoms with Gasteiger partial charge < -0.3 is 14.4 Å². The average molecular weight is 518 g/mol. The van der Waals surface area contributed by atoms with E-state index in [2.05, 4.69) is 47.4 Å². The Morgan fingerprint density at radius 3 is 2.31 bits per heavy atom. The molecule has 0 aliphatic carbocycles. The third-order valence-electron chi connectivity index (χ3n) is 7.20. The van der Waals surface area contributed by atoms with E-state index < -0.39 is 0 Å². The van der Waals surface area contributed by atoms with Gasteiger partial charge in [-0.3, -0.25) is 4.79 Å². The molecule has 4 heteroatoms. The molecule has 0 unspecified atom stereocenters. The molecule has 4 aromatic rings. The zero-order chi connectivity index (χ0) is 26.9. The Labute approximate surface area is 231 Å². The lowest BCUT2D eigenvalue weighted by Gasteiger charge is -2.28. The minimum atomic E-state index is -0.0105. The Balaban J connectivity index is 1.25. The molecule has 1 heterocycles. The molecule has 198 valence electrons. The van der Waals surface area contributed by atoms with Gasteiger partial charge in [-0.05, 0) is 84.5 Å². The van der Waals surface area contributed by atoms with E-state index >= 15 is 0 Å². The number of rotatable bonds is 10. The van der Waals surface area contributed by atoms with Crippen molar-refractivity contribution < 1.29 is 14.3 Å². The number of benzene rings is 4. The normalized spacial score (nSPS) is 13.4. The van der Waals surface area contributed by atoms with Gasteiger partial charge in [-0.25, -0.2) is 0 Å². The van der Waals surface area contributed by atoms with Crippen molar-refractivity contribution in [2.45, 2.75) is 32.3 Å². The first-order chi connectivity index (χ1) is 19.2. The number of hydrogen-bond donors (Lipinski definition) is 0. The van der Waals surface area contributed by atoms with Crippen molar-refractivity contribution in [3.05, 3.63) is 131 Å². The second-order valence-corrected chi connectivity index (χ2v) is 9.92. The SMILES string of the molecule is COc1ccc(/C=C/C(=O)c2ccc(N3CCCCC3)cc2)cc1COc1ccccc1Cc1ccccc1. The second-order valence-electron chi connectivity index (χ2n) is 9.92. The molecule has 1 fully saturated rings. The van der Waals surface area contributed by atoms with Crippen LogP contribution in [0.2, 0.25) is 0 Å².